The first-order valence-corrected chi connectivity index (χ1v) is 4.06. The van der Waals surface area contributed by atoms with E-state index in [-0.39, 0.29) is 6.61 Å². The third-order valence-electron chi connectivity index (χ3n) is 1.64. The molecule has 6 nitrogen and oxygen atoms in total. The molecular formula is C8H11NO5. The molecule has 0 aromatic heterocycles. The van der Waals surface area contributed by atoms with E-state index in [9.17, 15) is 9.59 Å². The summed E-state index contributed by atoms with van der Waals surface area (Å²) in [6, 6.07) is 0. The van der Waals surface area contributed by atoms with Crippen LogP contribution in [0.4, 0.5) is 0 Å². The lowest BCUT2D eigenvalue weighted by Crippen LogP contribution is -2.23. The maximum Gasteiger partial charge on any atom is 0.350 e. The molecule has 78 valence electrons. The van der Waals surface area contributed by atoms with Gasteiger partial charge in [0, 0.05) is 13.3 Å². The van der Waals surface area contributed by atoms with Gasteiger partial charge in [-0.05, 0) is 0 Å². The van der Waals surface area contributed by atoms with E-state index in [1.165, 1.54) is 14.0 Å². The fourth-order valence-electron chi connectivity index (χ4n) is 0.955. The molecular weight excluding hydrogens is 190 g/mol. The van der Waals surface area contributed by atoms with Gasteiger partial charge in [0.1, 0.15) is 6.61 Å². The van der Waals surface area contributed by atoms with Gasteiger partial charge in [-0.25, -0.2) is 4.79 Å². The Morgan fingerprint density at radius 1 is 1.64 bits per heavy atom. The molecule has 1 aliphatic heterocycles. The van der Waals surface area contributed by atoms with E-state index in [1.807, 2.05) is 0 Å². The minimum Gasteiger partial charge on any atom is -0.466 e. The minimum atomic E-state index is -0.703. The van der Waals surface area contributed by atoms with Crippen molar-refractivity contribution in [3.63, 3.8) is 0 Å². The molecule has 1 aliphatic rings. The molecule has 1 heterocycles. The molecule has 0 aromatic rings. The zero-order chi connectivity index (χ0) is 10.6. The van der Waals surface area contributed by atoms with Gasteiger partial charge in [0.15, 0.2) is 0 Å². The van der Waals surface area contributed by atoms with Crippen LogP contribution in [0.2, 0.25) is 0 Å². The molecule has 0 bridgehead atoms. The molecule has 0 saturated heterocycles. The summed E-state index contributed by atoms with van der Waals surface area (Å²) in [5.74, 6) is -0.874. The highest BCUT2D eigenvalue weighted by atomic mass is 16.7. The molecule has 0 N–H and O–H groups in total. The summed E-state index contributed by atoms with van der Waals surface area (Å²) in [7, 11) is 1.27. The van der Waals surface area contributed by atoms with Crippen molar-refractivity contribution in [1.29, 1.82) is 0 Å². The highest BCUT2D eigenvalue weighted by Crippen LogP contribution is 2.11. The van der Waals surface area contributed by atoms with Crippen molar-refractivity contribution < 1.29 is 23.9 Å². The van der Waals surface area contributed by atoms with Crippen molar-refractivity contribution in [2.45, 2.75) is 19.4 Å². The van der Waals surface area contributed by atoms with Crippen LogP contribution in [0.15, 0.2) is 5.16 Å². The van der Waals surface area contributed by atoms with Crippen LogP contribution >= 0.6 is 0 Å². The third kappa shape index (κ3) is 2.72. The average molecular weight is 201 g/mol. The molecule has 6 heteroatoms. The Morgan fingerprint density at radius 3 is 2.93 bits per heavy atom. The van der Waals surface area contributed by atoms with E-state index >= 15 is 0 Å². The predicted octanol–water partition coefficient (Wildman–Crippen LogP) is -0.133. The summed E-state index contributed by atoms with van der Waals surface area (Å²) in [4.78, 5) is 26.2. The number of hydrogen-bond donors (Lipinski definition) is 0. The van der Waals surface area contributed by atoms with Gasteiger partial charge in [-0.2, -0.15) is 0 Å². The van der Waals surface area contributed by atoms with Gasteiger partial charge < -0.3 is 14.3 Å². The fraction of sp³-hybridized carbons (Fsp3) is 0.625. The maximum absolute atomic E-state index is 11.0. The second-order valence-corrected chi connectivity index (χ2v) is 2.76. The zero-order valence-corrected chi connectivity index (χ0v) is 7.98. The lowest BCUT2D eigenvalue weighted by molar-refractivity contribution is -0.152. The van der Waals surface area contributed by atoms with Crippen molar-refractivity contribution in [1.82, 2.24) is 0 Å². The predicted molar refractivity (Wildman–Crippen MR) is 45.6 cm³/mol. The molecule has 0 aliphatic carbocycles. The molecule has 0 radical (unpaired) electrons. The molecule has 0 saturated carbocycles. The maximum atomic E-state index is 11.0. The van der Waals surface area contributed by atoms with Crippen LogP contribution in [-0.4, -0.2) is 37.5 Å². The van der Waals surface area contributed by atoms with Gasteiger partial charge in [0.2, 0.25) is 6.10 Å². The van der Waals surface area contributed by atoms with E-state index in [4.69, 9.17) is 4.84 Å². The number of esters is 2. The molecule has 0 spiro atoms. The van der Waals surface area contributed by atoms with Crippen LogP contribution in [0.1, 0.15) is 13.3 Å². The van der Waals surface area contributed by atoms with E-state index in [2.05, 4.69) is 14.6 Å². The normalized spacial score (nSPS) is 19.6. The summed E-state index contributed by atoms with van der Waals surface area (Å²) in [6.07, 6.45) is -0.398. The molecule has 0 amide bonds. The second kappa shape index (κ2) is 4.59. The molecule has 1 atom stereocenters. The summed E-state index contributed by atoms with van der Waals surface area (Å²) < 4.78 is 9.15. The Hall–Kier alpha value is -1.59. The van der Waals surface area contributed by atoms with Crippen LogP contribution in [0.3, 0.4) is 0 Å². The standard InChI is InChI=1S/C8H11NO5/c1-5(10)13-4-6-3-7(14-9-6)8(11)12-2/h7H,3-4H2,1-2H3. The van der Waals surface area contributed by atoms with E-state index in [1.54, 1.807) is 0 Å². The number of carbonyl (C=O) groups is 2. The van der Waals surface area contributed by atoms with Gasteiger partial charge in [-0.3, -0.25) is 4.79 Å². The first kappa shape index (κ1) is 10.5. The van der Waals surface area contributed by atoms with Crippen molar-refractivity contribution in [3.05, 3.63) is 0 Å². The largest absolute Gasteiger partial charge is 0.466 e. The molecule has 0 fully saturated rings. The molecule has 0 aromatic carbocycles. The number of carbonyl (C=O) groups excluding carboxylic acids is 2. The van der Waals surface area contributed by atoms with Crippen molar-refractivity contribution in [2.75, 3.05) is 13.7 Å². The number of ether oxygens (including phenoxy) is 2. The van der Waals surface area contributed by atoms with Gasteiger partial charge >= 0.3 is 11.9 Å². The summed E-state index contributed by atoms with van der Waals surface area (Å²) in [5, 5.41) is 3.60. The molecule has 14 heavy (non-hydrogen) atoms. The topological polar surface area (TPSA) is 74.2 Å². The van der Waals surface area contributed by atoms with E-state index in [0.717, 1.165) is 0 Å². The van der Waals surface area contributed by atoms with Crippen LogP contribution in [0, 0.1) is 0 Å². The number of hydrogen-bond acceptors (Lipinski definition) is 6. The van der Waals surface area contributed by atoms with Gasteiger partial charge in [-0.1, -0.05) is 5.16 Å². The highest BCUT2D eigenvalue weighted by Gasteiger charge is 2.29. The monoisotopic (exact) mass is 201 g/mol. The highest BCUT2D eigenvalue weighted by molar-refractivity contribution is 5.92. The van der Waals surface area contributed by atoms with Crippen molar-refractivity contribution in [3.8, 4) is 0 Å². The molecule has 1 unspecified atom stereocenters. The lowest BCUT2D eigenvalue weighted by Gasteiger charge is -2.03. The minimum absolute atomic E-state index is 0.0584. The van der Waals surface area contributed by atoms with Crippen LogP contribution < -0.4 is 0 Å². The number of oxime groups is 1. The Balaban J connectivity index is 2.32. The Bertz CT molecular complexity index is 273. The fourth-order valence-corrected chi connectivity index (χ4v) is 0.955. The van der Waals surface area contributed by atoms with Crippen LogP contribution in [0.5, 0.6) is 0 Å². The Morgan fingerprint density at radius 2 is 2.36 bits per heavy atom. The Kier molecular flexibility index (Phi) is 3.44. The smallest absolute Gasteiger partial charge is 0.350 e. The Labute approximate surface area is 80.8 Å². The van der Waals surface area contributed by atoms with Crippen LogP contribution in [-0.2, 0) is 23.9 Å². The third-order valence-corrected chi connectivity index (χ3v) is 1.64. The summed E-state index contributed by atoms with van der Waals surface area (Å²) in [6.45, 7) is 1.36. The number of rotatable bonds is 3. The summed E-state index contributed by atoms with van der Waals surface area (Å²) >= 11 is 0. The first-order valence-electron chi connectivity index (χ1n) is 4.06. The lowest BCUT2D eigenvalue weighted by atomic mass is 10.2. The number of methoxy groups -OCH3 is 1. The van der Waals surface area contributed by atoms with Gasteiger partial charge in [-0.15, -0.1) is 0 Å². The number of nitrogens with zero attached hydrogens (tertiary/aromatic N) is 1. The van der Waals surface area contributed by atoms with Gasteiger partial charge in [0.05, 0.1) is 12.8 Å². The first-order chi connectivity index (χ1) is 6.63. The average Bonchev–Trinajstić information content (AvgIpc) is 2.62. The molecule has 1 rings (SSSR count). The second-order valence-electron chi connectivity index (χ2n) is 2.76. The van der Waals surface area contributed by atoms with Crippen LogP contribution in [0.25, 0.3) is 0 Å². The van der Waals surface area contributed by atoms with Gasteiger partial charge in [0.25, 0.3) is 0 Å². The SMILES string of the molecule is COC(=O)C1CC(COC(C)=O)=NO1. The summed E-state index contributed by atoms with van der Waals surface area (Å²) in [5.41, 5.74) is 0.524. The van der Waals surface area contributed by atoms with E-state index < -0.39 is 18.0 Å². The zero-order valence-electron chi connectivity index (χ0n) is 7.98. The van der Waals surface area contributed by atoms with E-state index in [0.29, 0.717) is 12.1 Å². The van der Waals surface area contributed by atoms with Crippen molar-refractivity contribution in [2.24, 2.45) is 5.16 Å². The van der Waals surface area contributed by atoms with Crippen molar-refractivity contribution >= 4 is 17.7 Å². The quantitative estimate of drug-likeness (QED) is 0.594.